The standard InChI is InChI=1S/C38H55N5O3Si/c1-5-6-7-8-9-10-11-12-19-24-33(44)46-28-30(27-43-36(45)34-35(41-29-40-34)42-37(43)39)25-26-47(38(2,3)4,31-20-15-13-16-21-31)32-22-17-14-18-23-32/h13-18,20-23,29-30H,5-12,19,24-28H2,1-4H3,(H2,39,42)(H,40,41). The number of fused-ring (bicyclic) bond motifs is 1. The molecule has 2 aromatic carbocycles. The van der Waals surface area contributed by atoms with E-state index in [2.05, 4.69) is 103 Å². The second kappa shape index (κ2) is 17.4. The number of nitrogen functional groups attached to an aromatic ring is 1. The topological polar surface area (TPSA) is 116 Å². The van der Waals surface area contributed by atoms with Gasteiger partial charge in [-0.3, -0.25) is 14.2 Å². The van der Waals surface area contributed by atoms with Gasteiger partial charge in [0.15, 0.2) is 11.2 Å². The molecule has 2 heterocycles. The molecule has 0 saturated heterocycles. The molecule has 9 heteroatoms. The minimum absolute atomic E-state index is 0.0147. The maximum Gasteiger partial charge on any atom is 0.305 e. The van der Waals surface area contributed by atoms with Gasteiger partial charge < -0.3 is 15.5 Å². The molecule has 0 amide bonds. The summed E-state index contributed by atoms with van der Waals surface area (Å²) in [6.07, 6.45) is 13.4. The van der Waals surface area contributed by atoms with Crippen molar-refractivity contribution in [2.24, 2.45) is 5.92 Å². The van der Waals surface area contributed by atoms with Gasteiger partial charge in [-0.1, -0.05) is 150 Å². The van der Waals surface area contributed by atoms with Crippen molar-refractivity contribution in [2.45, 2.75) is 116 Å². The van der Waals surface area contributed by atoms with E-state index in [4.69, 9.17) is 10.5 Å². The molecular weight excluding hydrogens is 603 g/mol. The average molecular weight is 658 g/mol. The number of ether oxygens (including phenoxy) is 1. The van der Waals surface area contributed by atoms with E-state index in [0.29, 0.717) is 24.1 Å². The number of anilines is 1. The second-order valence-electron chi connectivity index (χ2n) is 14.0. The van der Waals surface area contributed by atoms with Crippen LogP contribution >= 0.6 is 0 Å². The molecule has 2 aromatic heterocycles. The Hall–Kier alpha value is -3.72. The molecule has 47 heavy (non-hydrogen) atoms. The quantitative estimate of drug-likeness (QED) is 0.0624. The van der Waals surface area contributed by atoms with Crippen LogP contribution < -0.4 is 21.7 Å². The van der Waals surface area contributed by atoms with Gasteiger partial charge in [-0.15, -0.1) is 0 Å². The molecule has 0 spiro atoms. The van der Waals surface area contributed by atoms with E-state index in [1.165, 1.54) is 59.8 Å². The Morgan fingerprint density at radius 1 is 0.915 bits per heavy atom. The Labute approximate surface area is 281 Å². The zero-order valence-corrected chi connectivity index (χ0v) is 30.0. The van der Waals surface area contributed by atoms with Gasteiger partial charge in [0, 0.05) is 18.9 Å². The number of hydrogen-bond acceptors (Lipinski definition) is 6. The van der Waals surface area contributed by atoms with Gasteiger partial charge in [0.1, 0.15) is 8.07 Å². The third-order valence-corrected chi connectivity index (χ3v) is 16.0. The van der Waals surface area contributed by atoms with E-state index >= 15 is 0 Å². The molecule has 4 rings (SSSR count). The van der Waals surface area contributed by atoms with Crippen molar-refractivity contribution in [1.82, 2.24) is 19.5 Å². The molecule has 1 atom stereocenters. The SMILES string of the molecule is CCCCCCCCCCCC(=O)OCC(CC[Si](c1ccccc1)(c1ccccc1)C(C)(C)C)Cn1c(N)nc2nc[nH]c2c1=O. The molecule has 1 unspecified atom stereocenters. The van der Waals surface area contributed by atoms with Crippen LogP contribution in [0.5, 0.6) is 0 Å². The lowest BCUT2D eigenvalue weighted by molar-refractivity contribution is -0.145. The highest BCUT2D eigenvalue weighted by molar-refractivity contribution is 7.04. The number of esters is 1. The van der Waals surface area contributed by atoms with Crippen LogP contribution in [0.4, 0.5) is 5.95 Å². The van der Waals surface area contributed by atoms with E-state index in [1.54, 1.807) is 0 Å². The average Bonchev–Trinajstić information content (AvgIpc) is 3.53. The van der Waals surface area contributed by atoms with Crippen LogP contribution in [0.3, 0.4) is 0 Å². The minimum Gasteiger partial charge on any atom is -0.465 e. The number of imidazole rings is 1. The highest BCUT2D eigenvalue weighted by Gasteiger charge is 2.47. The first kappa shape index (κ1) is 36.1. The van der Waals surface area contributed by atoms with E-state index < -0.39 is 8.07 Å². The van der Waals surface area contributed by atoms with Crippen molar-refractivity contribution < 1.29 is 9.53 Å². The predicted octanol–water partition coefficient (Wildman–Crippen LogP) is 7.24. The first-order chi connectivity index (χ1) is 22.7. The summed E-state index contributed by atoms with van der Waals surface area (Å²) in [5.74, 6) is -0.192. The number of rotatable bonds is 19. The van der Waals surface area contributed by atoms with Crippen LogP contribution in [0, 0.1) is 5.92 Å². The Kier molecular flexibility index (Phi) is 13.4. The molecule has 0 saturated carbocycles. The smallest absolute Gasteiger partial charge is 0.305 e. The summed E-state index contributed by atoms with van der Waals surface area (Å²) in [6.45, 7) is 9.80. The molecule has 0 radical (unpaired) electrons. The number of aromatic amines is 1. The Balaban J connectivity index is 1.52. The van der Waals surface area contributed by atoms with Gasteiger partial charge in [0.2, 0.25) is 5.95 Å². The number of benzene rings is 2. The lowest BCUT2D eigenvalue weighted by Gasteiger charge is -2.45. The highest BCUT2D eigenvalue weighted by Crippen LogP contribution is 2.40. The van der Waals surface area contributed by atoms with Crippen LogP contribution in [0.2, 0.25) is 11.1 Å². The van der Waals surface area contributed by atoms with Crippen LogP contribution in [0.1, 0.15) is 98.3 Å². The summed E-state index contributed by atoms with van der Waals surface area (Å²) >= 11 is 0. The number of aromatic nitrogens is 4. The zero-order valence-electron chi connectivity index (χ0n) is 29.0. The van der Waals surface area contributed by atoms with Gasteiger partial charge in [0.25, 0.3) is 5.56 Å². The van der Waals surface area contributed by atoms with Crippen molar-refractivity contribution in [3.8, 4) is 0 Å². The summed E-state index contributed by atoms with van der Waals surface area (Å²) in [5.41, 5.74) is 6.69. The lowest BCUT2D eigenvalue weighted by Crippen LogP contribution is -2.64. The third-order valence-electron chi connectivity index (χ3n) is 9.72. The lowest BCUT2D eigenvalue weighted by atomic mass is 10.1. The van der Waals surface area contributed by atoms with Gasteiger partial charge in [-0.25, -0.2) is 4.98 Å². The fraction of sp³-hybridized carbons (Fsp3) is 0.526. The Morgan fingerprint density at radius 3 is 2.06 bits per heavy atom. The number of carbonyl (C=O) groups is 1. The van der Waals surface area contributed by atoms with Crippen LogP contribution in [0.25, 0.3) is 11.2 Å². The predicted molar refractivity (Wildman–Crippen MR) is 196 cm³/mol. The summed E-state index contributed by atoms with van der Waals surface area (Å²) in [7, 11) is -2.38. The zero-order chi connectivity index (χ0) is 33.7. The largest absolute Gasteiger partial charge is 0.465 e. The van der Waals surface area contributed by atoms with Crippen molar-refractivity contribution in [3.05, 3.63) is 77.3 Å². The van der Waals surface area contributed by atoms with Gasteiger partial charge in [0.05, 0.1) is 12.9 Å². The maximum absolute atomic E-state index is 13.5. The summed E-state index contributed by atoms with van der Waals surface area (Å²) in [4.78, 5) is 37.8. The second-order valence-corrected chi connectivity index (χ2v) is 19.0. The molecule has 4 aromatic rings. The van der Waals surface area contributed by atoms with Crippen LogP contribution in [-0.2, 0) is 16.1 Å². The van der Waals surface area contributed by atoms with Crippen molar-refractivity contribution in [3.63, 3.8) is 0 Å². The number of nitrogens with one attached hydrogen (secondary N) is 1. The molecule has 0 aliphatic rings. The van der Waals surface area contributed by atoms with Crippen molar-refractivity contribution in [2.75, 3.05) is 12.3 Å². The number of nitrogens with two attached hydrogens (primary N) is 1. The molecule has 3 N–H and O–H groups in total. The van der Waals surface area contributed by atoms with Crippen molar-refractivity contribution >= 4 is 41.5 Å². The fourth-order valence-electron chi connectivity index (χ4n) is 7.02. The number of carbonyl (C=O) groups excluding carboxylic acids is 1. The van der Waals surface area contributed by atoms with Crippen LogP contribution in [-0.4, -0.2) is 40.2 Å². The van der Waals surface area contributed by atoms with Crippen LogP contribution in [0.15, 0.2) is 71.8 Å². The van der Waals surface area contributed by atoms with E-state index in [1.807, 2.05) is 0 Å². The molecule has 0 bridgehead atoms. The Bertz CT molecular complexity index is 1540. The minimum atomic E-state index is -2.38. The molecule has 0 fully saturated rings. The van der Waals surface area contributed by atoms with E-state index in [9.17, 15) is 9.59 Å². The number of hydrogen-bond donors (Lipinski definition) is 2. The molecule has 0 aliphatic carbocycles. The monoisotopic (exact) mass is 657 g/mol. The number of H-pyrrole nitrogens is 1. The first-order valence-corrected chi connectivity index (χ1v) is 19.8. The van der Waals surface area contributed by atoms with Crippen molar-refractivity contribution in [1.29, 1.82) is 0 Å². The molecular formula is C38H55N5O3Si. The van der Waals surface area contributed by atoms with Gasteiger partial charge >= 0.3 is 5.97 Å². The molecule has 8 nitrogen and oxygen atoms in total. The third kappa shape index (κ3) is 9.43. The highest BCUT2D eigenvalue weighted by atomic mass is 28.3. The molecule has 254 valence electrons. The van der Waals surface area contributed by atoms with E-state index in [0.717, 1.165) is 31.7 Å². The van der Waals surface area contributed by atoms with Gasteiger partial charge in [-0.2, -0.15) is 4.98 Å². The Morgan fingerprint density at radius 2 is 1.49 bits per heavy atom. The normalized spacial score (nSPS) is 12.8. The number of nitrogens with zero attached hydrogens (tertiary/aromatic N) is 3. The summed E-state index contributed by atoms with van der Waals surface area (Å²) in [6, 6.07) is 22.6. The molecule has 0 aliphatic heterocycles. The fourth-order valence-corrected chi connectivity index (χ4v) is 12.8. The summed E-state index contributed by atoms with van der Waals surface area (Å²) < 4.78 is 7.45. The maximum atomic E-state index is 13.5. The van der Waals surface area contributed by atoms with Gasteiger partial charge in [-0.05, 0) is 23.9 Å². The summed E-state index contributed by atoms with van der Waals surface area (Å²) in [5, 5.41) is 2.73. The number of unbranched alkanes of at least 4 members (excludes halogenated alkanes) is 8. The first-order valence-electron chi connectivity index (χ1n) is 17.6. The van der Waals surface area contributed by atoms with E-state index in [-0.39, 0.29) is 35.0 Å².